The second-order valence-electron chi connectivity index (χ2n) is 4.67. The van der Waals surface area contributed by atoms with Crippen LogP contribution < -0.4 is 10.1 Å². The third-order valence-corrected chi connectivity index (χ3v) is 2.96. The summed E-state index contributed by atoms with van der Waals surface area (Å²) in [6.07, 6.45) is -0.201. The first-order chi connectivity index (χ1) is 8.42. The summed E-state index contributed by atoms with van der Waals surface area (Å²) in [5, 5.41) is 2.75. The van der Waals surface area contributed by atoms with E-state index in [1.54, 1.807) is 26.3 Å². The predicted molar refractivity (Wildman–Crippen MR) is 69.5 cm³/mol. The maximum Gasteiger partial charge on any atom is 0.274 e. The molecule has 1 rings (SSSR count). The third kappa shape index (κ3) is 3.42. The number of ether oxygens (including phenoxy) is 1. The number of benzene rings is 1. The zero-order valence-electron chi connectivity index (χ0n) is 11.4. The number of methoxy groups -OCH3 is 1. The number of hydrogen-bond donors (Lipinski definition) is 1. The Bertz CT molecular complexity index is 391. The van der Waals surface area contributed by atoms with E-state index in [2.05, 4.69) is 5.32 Å². The Morgan fingerprint density at radius 2 is 2.00 bits per heavy atom. The Hall–Kier alpha value is -1.16. The Kier molecular flexibility index (Phi) is 5.08. The molecule has 4 heteroatoms. The summed E-state index contributed by atoms with van der Waals surface area (Å²) in [7, 11) is 3.23. The highest BCUT2D eigenvalue weighted by molar-refractivity contribution is 5.40. The van der Waals surface area contributed by atoms with Crippen LogP contribution >= 0.6 is 0 Å². The summed E-state index contributed by atoms with van der Waals surface area (Å²) < 4.78 is 33.1. The highest BCUT2D eigenvalue weighted by Gasteiger charge is 2.31. The Morgan fingerprint density at radius 1 is 1.33 bits per heavy atom. The molecule has 18 heavy (non-hydrogen) atoms. The van der Waals surface area contributed by atoms with E-state index >= 15 is 0 Å². The van der Waals surface area contributed by atoms with Crippen LogP contribution in [-0.2, 0) is 5.92 Å². The molecule has 0 unspecified atom stereocenters. The SMILES string of the molecule is CNCCC(F)(F)c1ccc(OC)c(C(C)C)c1. The van der Waals surface area contributed by atoms with Crippen molar-refractivity contribution < 1.29 is 13.5 Å². The Morgan fingerprint density at radius 3 is 2.50 bits per heavy atom. The van der Waals surface area contributed by atoms with Gasteiger partial charge >= 0.3 is 0 Å². The average Bonchev–Trinajstić information content (AvgIpc) is 2.35. The fraction of sp³-hybridized carbons (Fsp3) is 0.571. The van der Waals surface area contributed by atoms with Crippen molar-refractivity contribution in [1.82, 2.24) is 5.32 Å². The maximum atomic E-state index is 13.9. The van der Waals surface area contributed by atoms with Gasteiger partial charge in [-0.2, -0.15) is 0 Å². The molecule has 0 saturated heterocycles. The quantitative estimate of drug-likeness (QED) is 0.842. The molecule has 0 atom stereocenters. The molecule has 1 aromatic rings. The van der Waals surface area contributed by atoms with Crippen LogP contribution in [0.3, 0.4) is 0 Å². The number of hydrogen-bond acceptors (Lipinski definition) is 2. The first-order valence-corrected chi connectivity index (χ1v) is 6.13. The van der Waals surface area contributed by atoms with Crippen LogP contribution in [0.25, 0.3) is 0 Å². The molecule has 1 aromatic carbocycles. The van der Waals surface area contributed by atoms with E-state index in [4.69, 9.17) is 4.74 Å². The van der Waals surface area contributed by atoms with Gasteiger partial charge in [0.25, 0.3) is 5.92 Å². The summed E-state index contributed by atoms with van der Waals surface area (Å²) in [6.45, 7) is 4.22. The van der Waals surface area contributed by atoms with E-state index in [0.717, 1.165) is 5.56 Å². The largest absolute Gasteiger partial charge is 0.496 e. The zero-order valence-corrected chi connectivity index (χ0v) is 11.4. The lowest BCUT2D eigenvalue weighted by molar-refractivity contribution is -0.0124. The van der Waals surface area contributed by atoms with Crippen molar-refractivity contribution in [2.45, 2.75) is 32.1 Å². The smallest absolute Gasteiger partial charge is 0.274 e. The lowest BCUT2D eigenvalue weighted by Crippen LogP contribution is -2.21. The zero-order chi connectivity index (χ0) is 13.8. The second kappa shape index (κ2) is 6.14. The van der Waals surface area contributed by atoms with Crippen LogP contribution in [0.15, 0.2) is 18.2 Å². The summed E-state index contributed by atoms with van der Waals surface area (Å²) in [5.74, 6) is -1.99. The van der Waals surface area contributed by atoms with E-state index in [1.807, 2.05) is 13.8 Å². The molecule has 2 nitrogen and oxygen atoms in total. The minimum absolute atomic E-state index is 0.0576. The minimum atomic E-state index is -2.81. The molecular weight excluding hydrogens is 236 g/mol. The van der Waals surface area contributed by atoms with Gasteiger partial charge in [-0.25, -0.2) is 8.78 Å². The monoisotopic (exact) mass is 257 g/mol. The molecule has 0 bridgehead atoms. The number of alkyl halides is 2. The van der Waals surface area contributed by atoms with Crippen molar-refractivity contribution in [3.8, 4) is 5.75 Å². The lowest BCUT2D eigenvalue weighted by atomic mass is 9.96. The van der Waals surface area contributed by atoms with Crippen molar-refractivity contribution in [1.29, 1.82) is 0 Å². The Labute approximate surface area is 107 Å². The van der Waals surface area contributed by atoms with Crippen LogP contribution in [0.2, 0.25) is 0 Å². The molecule has 0 fully saturated rings. The average molecular weight is 257 g/mol. The van der Waals surface area contributed by atoms with Gasteiger partial charge in [0.2, 0.25) is 0 Å². The predicted octanol–water partition coefficient (Wildman–Crippen LogP) is 3.52. The highest BCUT2D eigenvalue weighted by atomic mass is 19.3. The van der Waals surface area contributed by atoms with E-state index < -0.39 is 5.92 Å². The summed E-state index contributed by atoms with van der Waals surface area (Å²) in [4.78, 5) is 0. The molecule has 0 heterocycles. The van der Waals surface area contributed by atoms with Crippen molar-refractivity contribution in [3.05, 3.63) is 29.3 Å². The van der Waals surface area contributed by atoms with Gasteiger partial charge in [-0.3, -0.25) is 0 Å². The molecule has 0 aromatic heterocycles. The summed E-state index contributed by atoms with van der Waals surface area (Å²) in [5.41, 5.74) is 0.876. The molecule has 1 N–H and O–H groups in total. The van der Waals surface area contributed by atoms with Crippen molar-refractivity contribution in [2.24, 2.45) is 0 Å². The van der Waals surface area contributed by atoms with Gasteiger partial charge in [0.15, 0.2) is 0 Å². The van der Waals surface area contributed by atoms with Gasteiger partial charge in [-0.05, 0) is 36.7 Å². The van der Waals surface area contributed by atoms with Crippen LogP contribution in [0.1, 0.15) is 37.3 Å². The highest BCUT2D eigenvalue weighted by Crippen LogP contribution is 2.36. The Balaban J connectivity index is 3.07. The minimum Gasteiger partial charge on any atom is -0.496 e. The molecule has 0 saturated carbocycles. The molecule has 0 radical (unpaired) electrons. The second-order valence-corrected chi connectivity index (χ2v) is 4.67. The van der Waals surface area contributed by atoms with Crippen LogP contribution in [0, 0.1) is 0 Å². The van der Waals surface area contributed by atoms with Gasteiger partial charge in [-0.1, -0.05) is 13.8 Å². The van der Waals surface area contributed by atoms with Crippen molar-refractivity contribution in [3.63, 3.8) is 0 Å². The molecule has 0 aliphatic rings. The molecular formula is C14H21F2NO. The summed E-state index contributed by atoms with van der Waals surface area (Å²) >= 11 is 0. The molecule has 0 amide bonds. The summed E-state index contributed by atoms with van der Waals surface area (Å²) in [6, 6.07) is 4.62. The van der Waals surface area contributed by atoms with Gasteiger partial charge in [-0.15, -0.1) is 0 Å². The lowest BCUT2D eigenvalue weighted by Gasteiger charge is -2.20. The third-order valence-electron chi connectivity index (χ3n) is 2.96. The van der Waals surface area contributed by atoms with Gasteiger partial charge in [0.05, 0.1) is 7.11 Å². The van der Waals surface area contributed by atoms with Crippen molar-refractivity contribution in [2.75, 3.05) is 20.7 Å². The standard InChI is InChI=1S/C14H21F2NO/c1-10(2)12-9-11(5-6-13(12)18-4)14(15,16)7-8-17-3/h5-6,9-10,17H,7-8H2,1-4H3. The van der Waals surface area contributed by atoms with Crippen LogP contribution in [0.5, 0.6) is 5.75 Å². The van der Waals surface area contributed by atoms with E-state index in [0.29, 0.717) is 5.75 Å². The number of halogens is 2. The first-order valence-electron chi connectivity index (χ1n) is 6.13. The topological polar surface area (TPSA) is 21.3 Å². The molecule has 0 aliphatic heterocycles. The maximum absolute atomic E-state index is 13.9. The number of rotatable bonds is 6. The van der Waals surface area contributed by atoms with E-state index in [-0.39, 0.29) is 24.4 Å². The number of nitrogens with one attached hydrogen (secondary N) is 1. The van der Waals surface area contributed by atoms with E-state index in [9.17, 15) is 8.78 Å². The molecule has 102 valence electrons. The van der Waals surface area contributed by atoms with Crippen LogP contribution in [-0.4, -0.2) is 20.7 Å². The van der Waals surface area contributed by atoms with Gasteiger partial charge < -0.3 is 10.1 Å². The van der Waals surface area contributed by atoms with Crippen molar-refractivity contribution >= 4 is 0 Å². The fourth-order valence-electron chi connectivity index (χ4n) is 1.84. The molecule has 0 spiro atoms. The van der Waals surface area contributed by atoms with E-state index in [1.165, 1.54) is 6.07 Å². The van der Waals surface area contributed by atoms with Crippen LogP contribution in [0.4, 0.5) is 8.78 Å². The first kappa shape index (κ1) is 14.9. The van der Waals surface area contributed by atoms with Gasteiger partial charge in [0.1, 0.15) is 5.75 Å². The molecule has 0 aliphatic carbocycles. The normalized spacial score (nSPS) is 11.9. The fourth-order valence-corrected chi connectivity index (χ4v) is 1.84. The van der Waals surface area contributed by atoms with Gasteiger partial charge in [0, 0.05) is 18.5 Å².